The fourth-order valence-corrected chi connectivity index (χ4v) is 2.00. The Labute approximate surface area is 124 Å². The Balaban J connectivity index is 2.63. The monoisotopic (exact) mass is 295 g/mol. The molecule has 116 valence electrons. The molecule has 0 unspecified atom stereocenters. The van der Waals surface area contributed by atoms with Crippen molar-refractivity contribution in [2.75, 3.05) is 0 Å². The molecule has 1 aromatic rings. The molecule has 0 aromatic heterocycles. The number of urea groups is 1. The van der Waals surface area contributed by atoms with E-state index in [9.17, 15) is 14.0 Å². The van der Waals surface area contributed by atoms with Gasteiger partial charge in [-0.05, 0) is 36.5 Å². The maximum absolute atomic E-state index is 13.2. The van der Waals surface area contributed by atoms with Gasteiger partial charge in [-0.15, -0.1) is 0 Å². The van der Waals surface area contributed by atoms with Gasteiger partial charge in [-0.2, -0.15) is 0 Å². The minimum Gasteiger partial charge on any atom is -0.352 e. The summed E-state index contributed by atoms with van der Waals surface area (Å²) in [5, 5.41) is 5.16. The van der Waals surface area contributed by atoms with Crippen LogP contribution in [-0.2, 0) is 11.3 Å². The Morgan fingerprint density at radius 1 is 1.33 bits per heavy atom. The van der Waals surface area contributed by atoms with Gasteiger partial charge >= 0.3 is 6.03 Å². The Morgan fingerprint density at radius 2 is 2.00 bits per heavy atom. The van der Waals surface area contributed by atoms with Gasteiger partial charge in [-0.3, -0.25) is 4.79 Å². The van der Waals surface area contributed by atoms with Gasteiger partial charge in [0.1, 0.15) is 11.9 Å². The third-order valence-electron chi connectivity index (χ3n) is 3.03. The summed E-state index contributed by atoms with van der Waals surface area (Å²) in [5.41, 5.74) is 6.40. The third kappa shape index (κ3) is 5.81. The highest BCUT2D eigenvalue weighted by atomic mass is 19.1. The molecule has 6 heteroatoms. The molecule has 1 atom stereocenters. The number of halogens is 1. The molecule has 5 nitrogen and oxygen atoms in total. The Bertz CT molecular complexity index is 518. The predicted octanol–water partition coefficient (Wildman–Crippen LogP) is 1.83. The van der Waals surface area contributed by atoms with Crippen LogP contribution in [0.1, 0.15) is 31.4 Å². The molecule has 0 aliphatic carbocycles. The van der Waals surface area contributed by atoms with E-state index in [0.717, 1.165) is 5.56 Å². The number of carbonyl (C=O) groups excluding carboxylic acids is 2. The Hall–Kier alpha value is -2.11. The first kappa shape index (κ1) is 16.9. The van der Waals surface area contributed by atoms with Gasteiger partial charge < -0.3 is 16.4 Å². The molecule has 21 heavy (non-hydrogen) atoms. The number of carbonyl (C=O) groups is 2. The summed E-state index contributed by atoms with van der Waals surface area (Å²) in [6.07, 6.45) is 0.497. The molecule has 0 bridgehead atoms. The van der Waals surface area contributed by atoms with Crippen molar-refractivity contribution in [2.45, 2.75) is 39.8 Å². The molecule has 1 rings (SSSR count). The SMILES string of the molecule is Cc1cc(CNC(=O)[C@@H](CC(C)C)NC(N)=O)ccc1F. The van der Waals surface area contributed by atoms with Crippen molar-refractivity contribution in [2.24, 2.45) is 11.7 Å². The summed E-state index contributed by atoms with van der Waals surface area (Å²) in [6, 6.07) is 3.26. The molecule has 0 aliphatic rings. The molecule has 0 radical (unpaired) electrons. The van der Waals surface area contributed by atoms with Crippen LogP contribution in [-0.4, -0.2) is 18.0 Å². The number of amides is 3. The number of nitrogens with one attached hydrogen (secondary N) is 2. The number of hydrogen-bond acceptors (Lipinski definition) is 2. The van der Waals surface area contributed by atoms with Gasteiger partial charge in [-0.1, -0.05) is 26.0 Å². The summed E-state index contributed by atoms with van der Waals surface area (Å²) in [6.45, 7) is 5.84. The maximum Gasteiger partial charge on any atom is 0.312 e. The molecule has 0 aliphatic heterocycles. The van der Waals surface area contributed by atoms with E-state index in [1.54, 1.807) is 19.1 Å². The van der Waals surface area contributed by atoms with Crippen LogP contribution < -0.4 is 16.4 Å². The summed E-state index contributed by atoms with van der Waals surface area (Å²) in [4.78, 5) is 23.0. The maximum atomic E-state index is 13.2. The normalized spacial score (nSPS) is 12.0. The Morgan fingerprint density at radius 3 is 2.52 bits per heavy atom. The van der Waals surface area contributed by atoms with Crippen molar-refractivity contribution in [1.82, 2.24) is 10.6 Å². The lowest BCUT2D eigenvalue weighted by atomic mass is 10.0. The number of primary amides is 1. The zero-order chi connectivity index (χ0) is 16.0. The summed E-state index contributed by atoms with van der Waals surface area (Å²) >= 11 is 0. The first-order chi connectivity index (χ1) is 9.79. The largest absolute Gasteiger partial charge is 0.352 e. The minimum absolute atomic E-state index is 0.237. The molecule has 0 saturated carbocycles. The lowest BCUT2D eigenvalue weighted by molar-refractivity contribution is -0.123. The van der Waals surface area contributed by atoms with Crippen molar-refractivity contribution >= 4 is 11.9 Å². The average molecular weight is 295 g/mol. The third-order valence-corrected chi connectivity index (χ3v) is 3.03. The number of aryl methyl sites for hydroxylation is 1. The molecule has 0 spiro atoms. The molecule has 3 amide bonds. The van der Waals surface area contributed by atoms with Crippen molar-refractivity contribution in [1.29, 1.82) is 0 Å². The zero-order valence-corrected chi connectivity index (χ0v) is 12.6. The standard InChI is InChI=1S/C15H22FN3O2/c1-9(2)6-13(19-15(17)21)14(20)18-8-11-4-5-12(16)10(3)7-11/h4-5,7,9,13H,6,8H2,1-3H3,(H,18,20)(H3,17,19,21)/t13-/m1/s1. The lowest BCUT2D eigenvalue weighted by Gasteiger charge is -2.19. The van der Waals surface area contributed by atoms with Crippen LogP contribution in [0, 0.1) is 18.7 Å². The highest BCUT2D eigenvalue weighted by Crippen LogP contribution is 2.09. The lowest BCUT2D eigenvalue weighted by Crippen LogP contribution is -2.49. The van der Waals surface area contributed by atoms with Crippen LogP contribution in [0.2, 0.25) is 0 Å². The second-order valence-corrected chi connectivity index (χ2v) is 5.49. The van der Waals surface area contributed by atoms with Gasteiger partial charge in [0, 0.05) is 6.54 Å². The van der Waals surface area contributed by atoms with Gasteiger partial charge in [0.05, 0.1) is 0 Å². The van der Waals surface area contributed by atoms with Crippen molar-refractivity contribution in [3.8, 4) is 0 Å². The van der Waals surface area contributed by atoms with Crippen molar-refractivity contribution in [3.63, 3.8) is 0 Å². The van der Waals surface area contributed by atoms with E-state index in [0.29, 0.717) is 12.0 Å². The van der Waals surface area contributed by atoms with Crippen molar-refractivity contribution in [3.05, 3.63) is 35.1 Å². The van der Waals surface area contributed by atoms with E-state index in [-0.39, 0.29) is 24.2 Å². The zero-order valence-electron chi connectivity index (χ0n) is 12.6. The molecular weight excluding hydrogens is 273 g/mol. The van der Waals surface area contributed by atoms with E-state index in [1.807, 2.05) is 13.8 Å². The average Bonchev–Trinajstić information content (AvgIpc) is 2.38. The highest BCUT2D eigenvalue weighted by molar-refractivity contribution is 5.86. The van der Waals surface area contributed by atoms with Gasteiger partial charge in [0.15, 0.2) is 0 Å². The summed E-state index contributed by atoms with van der Waals surface area (Å²) in [7, 11) is 0. The van der Waals surface area contributed by atoms with Crippen LogP contribution in [0.25, 0.3) is 0 Å². The molecule has 4 N–H and O–H groups in total. The fraction of sp³-hybridized carbons (Fsp3) is 0.467. The molecule has 0 fully saturated rings. The van der Waals surface area contributed by atoms with E-state index in [2.05, 4.69) is 10.6 Å². The van der Waals surface area contributed by atoms with E-state index in [1.165, 1.54) is 6.07 Å². The smallest absolute Gasteiger partial charge is 0.312 e. The fourth-order valence-electron chi connectivity index (χ4n) is 2.00. The van der Waals surface area contributed by atoms with Crippen molar-refractivity contribution < 1.29 is 14.0 Å². The van der Waals surface area contributed by atoms with E-state index in [4.69, 9.17) is 5.73 Å². The molecule has 0 saturated heterocycles. The van der Waals surface area contributed by atoms with Gasteiger partial charge in [0.25, 0.3) is 0 Å². The second kappa shape index (κ2) is 7.61. The van der Waals surface area contributed by atoms with E-state index < -0.39 is 12.1 Å². The summed E-state index contributed by atoms with van der Waals surface area (Å²) in [5.74, 6) is -0.344. The predicted molar refractivity (Wildman–Crippen MR) is 78.9 cm³/mol. The quantitative estimate of drug-likeness (QED) is 0.748. The van der Waals surface area contributed by atoms with Crippen LogP contribution in [0.4, 0.5) is 9.18 Å². The number of hydrogen-bond donors (Lipinski definition) is 3. The Kier molecular flexibility index (Phi) is 6.14. The molecule has 0 heterocycles. The molecular formula is C15H22FN3O2. The highest BCUT2D eigenvalue weighted by Gasteiger charge is 2.20. The second-order valence-electron chi connectivity index (χ2n) is 5.49. The first-order valence-corrected chi connectivity index (χ1v) is 6.88. The van der Waals surface area contributed by atoms with Gasteiger partial charge in [-0.25, -0.2) is 9.18 Å². The number of benzene rings is 1. The first-order valence-electron chi connectivity index (χ1n) is 6.88. The van der Waals surface area contributed by atoms with E-state index >= 15 is 0 Å². The number of rotatable bonds is 6. The van der Waals surface area contributed by atoms with Crippen LogP contribution in [0.5, 0.6) is 0 Å². The molecule has 1 aromatic carbocycles. The van der Waals surface area contributed by atoms with Crippen LogP contribution in [0.3, 0.4) is 0 Å². The number of nitrogens with two attached hydrogens (primary N) is 1. The van der Waals surface area contributed by atoms with Gasteiger partial charge in [0.2, 0.25) is 5.91 Å². The van der Waals surface area contributed by atoms with Crippen LogP contribution in [0.15, 0.2) is 18.2 Å². The van der Waals surface area contributed by atoms with Crippen LogP contribution >= 0.6 is 0 Å². The minimum atomic E-state index is -0.728. The topological polar surface area (TPSA) is 84.2 Å². The summed E-state index contributed by atoms with van der Waals surface area (Å²) < 4.78 is 13.2.